The predicted molar refractivity (Wildman–Crippen MR) is 68.7 cm³/mol. The third-order valence-corrected chi connectivity index (χ3v) is 3.37. The Bertz CT molecular complexity index is 179. The average Bonchev–Trinajstić information content (AvgIpc) is 2.30. The van der Waals surface area contributed by atoms with Crippen molar-refractivity contribution in [3.63, 3.8) is 0 Å². The molecule has 0 heterocycles. The first kappa shape index (κ1) is 15.6. The molecule has 0 fully saturated rings. The second-order valence-electron chi connectivity index (χ2n) is 4.93. The second kappa shape index (κ2) is 8.74. The van der Waals surface area contributed by atoms with Gasteiger partial charge in [0.1, 0.15) is 5.78 Å². The zero-order valence-electron chi connectivity index (χ0n) is 11.5. The molecule has 0 N–H and O–H groups in total. The van der Waals surface area contributed by atoms with Gasteiger partial charge in [-0.05, 0) is 12.8 Å². The summed E-state index contributed by atoms with van der Waals surface area (Å²) >= 11 is 0. The van der Waals surface area contributed by atoms with E-state index in [0.717, 1.165) is 25.7 Å². The molecule has 0 aliphatic carbocycles. The minimum absolute atomic E-state index is 0.107. The van der Waals surface area contributed by atoms with Crippen LogP contribution in [0.2, 0.25) is 0 Å². The highest BCUT2D eigenvalue weighted by atomic mass is 16.5. The molecule has 0 aromatic carbocycles. The first-order valence-electron chi connectivity index (χ1n) is 6.63. The summed E-state index contributed by atoms with van der Waals surface area (Å²) in [6.45, 7) is 7.06. The molecule has 0 spiro atoms. The van der Waals surface area contributed by atoms with Crippen LogP contribution in [0.4, 0.5) is 0 Å². The van der Waals surface area contributed by atoms with Gasteiger partial charge in [0.25, 0.3) is 0 Å². The summed E-state index contributed by atoms with van der Waals surface area (Å²) in [6, 6.07) is 0. The molecule has 0 aromatic heterocycles. The third-order valence-electron chi connectivity index (χ3n) is 3.37. The van der Waals surface area contributed by atoms with Gasteiger partial charge in [-0.1, -0.05) is 46.5 Å². The van der Waals surface area contributed by atoms with Crippen LogP contribution in [-0.2, 0) is 9.53 Å². The predicted octanol–water partition coefficient (Wildman–Crippen LogP) is 3.98. The Hall–Kier alpha value is -0.370. The van der Waals surface area contributed by atoms with Crippen LogP contribution in [0.25, 0.3) is 0 Å². The number of hydrogen-bond acceptors (Lipinski definition) is 2. The van der Waals surface area contributed by atoms with Crippen LogP contribution in [0.5, 0.6) is 0 Å². The van der Waals surface area contributed by atoms with Gasteiger partial charge in [0.15, 0.2) is 0 Å². The number of carbonyl (C=O) groups excluding carboxylic acids is 1. The normalized spacial score (nSPS) is 11.8. The largest absolute Gasteiger partial charge is 0.384 e. The van der Waals surface area contributed by atoms with Crippen molar-refractivity contribution < 1.29 is 9.53 Å². The molecule has 0 amide bonds. The molecule has 0 unspecified atom stereocenters. The standard InChI is InChI=1S/C14H28O2/c1-5-7-10-14(3,11-8-6-2)13(15)9-12-16-4/h5-12H2,1-4H3. The molecular weight excluding hydrogens is 200 g/mol. The van der Waals surface area contributed by atoms with E-state index in [1.807, 2.05) is 0 Å². The number of rotatable bonds is 10. The lowest BCUT2D eigenvalue weighted by molar-refractivity contribution is -0.129. The van der Waals surface area contributed by atoms with Crippen LogP contribution in [0.3, 0.4) is 0 Å². The summed E-state index contributed by atoms with van der Waals surface area (Å²) < 4.78 is 5.00. The van der Waals surface area contributed by atoms with Crippen LogP contribution in [0, 0.1) is 5.41 Å². The Morgan fingerprint density at radius 1 is 1.12 bits per heavy atom. The van der Waals surface area contributed by atoms with E-state index in [9.17, 15) is 4.79 Å². The van der Waals surface area contributed by atoms with Gasteiger partial charge in [0, 0.05) is 18.9 Å². The highest BCUT2D eigenvalue weighted by molar-refractivity contribution is 5.84. The van der Waals surface area contributed by atoms with E-state index in [0.29, 0.717) is 18.8 Å². The van der Waals surface area contributed by atoms with Crippen LogP contribution >= 0.6 is 0 Å². The van der Waals surface area contributed by atoms with E-state index in [4.69, 9.17) is 4.74 Å². The SMILES string of the molecule is CCCCC(C)(CCCC)C(=O)CCOC. The van der Waals surface area contributed by atoms with Crippen molar-refractivity contribution in [1.29, 1.82) is 0 Å². The number of Topliss-reactive ketones (excluding diaryl/α,β-unsaturated/α-hetero) is 1. The fourth-order valence-corrected chi connectivity index (χ4v) is 2.03. The maximum absolute atomic E-state index is 12.2. The molecule has 2 nitrogen and oxygen atoms in total. The number of ketones is 1. The lowest BCUT2D eigenvalue weighted by atomic mass is 9.75. The van der Waals surface area contributed by atoms with Crippen molar-refractivity contribution in [1.82, 2.24) is 0 Å². The minimum atomic E-state index is -0.107. The van der Waals surface area contributed by atoms with E-state index in [2.05, 4.69) is 20.8 Å². The van der Waals surface area contributed by atoms with Crippen LogP contribution in [0.1, 0.15) is 65.7 Å². The molecule has 0 aromatic rings. The molecule has 0 saturated carbocycles. The molecular formula is C14H28O2. The van der Waals surface area contributed by atoms with Crippen molar-refractivity contribution in [2.24, 2.45) is 5.41 Å². The fourth-order valence-electron chi connectivity index (χ4n) is 2.03. The smallest absolute Gasteiger partial charge is 0.141 e. The molecule has 0 saturated heterocycles. The van der Waals surface area contributed by atoms with Crippen molar-refractivity contribution in [2.45, 2.75) is 65.7 Å². The zero-order valence-corrected chi connectivity index (χ0v) is 11.5. The van der Waals surface area contributed by atoms with Gasteiger partial charge in [0.2, 0.25) is 0 Å². The van der Waals surface area contributed by atoms with Gasteiger partial charge >= 0.3 is 0 Å². The average molecular weight is 228 g/mol. The van der Waals surface area contributed by atoms with Crippen molar-refractivity contribution in [3.8, 4) is 0 Å². The van der Waals surface area contributed by atoms with Gasteiger partial charge < -0.3 is 4.74 Å². The Balaban J connectivity index is 4.30. The van der Waals surface area contributed by atoms with Crippen LogP contribution in [-0.4, -0.2) is 19.5 Å². The number of unbranched alkanes of at least 4 members (excludes halogenated alkanes) is 2. The monoisotopic (exact) mass is 228 g/mol. The molecule has 96 valence electrons. The minimum Gasteiger partial charge on any atom is -0.384 e. The highest BCUT2D eigenvalue weighted by Crippen LogP contribution is 2.32. The molecule has 16 heavy (non-hydrogen) atoms. The van der Waals surface area contributed by atoms with Gasteiger partial charge in [0.05, 0.1) is 6.61 Å². The van der Waals surface area contributed by atoms with Crippen molar-refractivity contribution in [3.05, 3.63) is 0 Å². The Kier molecular flexibility index (Phi) is 8.54. The molecule has 2 heteroatoms. The summed E-state index contributed by atoms with van der Waals surface area (Å²) in [5.41, 5.74) is -0.107. The van der Waals surface area contributed by atoms with E-state index < -0.39 is 0 Å². The lowest BCUT2D eigenvalue weighted by Gasteiger charge is -2.28. The molecule has 0 aliphatic rings. The summed E-state index contributed by atoms with van der Waals surface area (Å²) in [6.07, 6.45) is 7.27. The maximum Gasteiger partial charge on any atom is 0.141 e. The zero-order chi connectivity index (χ0) is 12.4. The van der Waals surface area contributed by atoms with E-state index in [-0.39, 0.29) is 5.41 Å². The number of carbonyl (C=O) groups is 1. The number of hydrogen-bond donors (Lipinski definition) is 0. The Morgan fingerprint density at radius 3 is 2.00 bits per heavy atom. The maximum atomic E-state index is 12.2. The Morgan fingerprint density at radius 2 is 1.62 bits per heavy atom. The first-order valence-corrected chi connectivity index (χ1v) is 6.63. The fraction of sp³-hybridized carbons (Fsp3) is 0.929. The Labute approximate surface area is 101 Å². The molecule has 0 radical (unpaired) electrons. The van der Waals surface area contributed by atoms with Gasteiger partial charge in [-0.25, -0.2) is 0 Å². The third kappa shape index (κ3) is 5.64. The quantitative estimate of drug-likeness (QED) is 0.565. The van der Waals surface area contributed by atoms with Gasteiger partial charge in [-0.15, -0.1) is 0 Å². The summed E-state index contributed by atoms with van der Waals surface area (Å²) in [4.78, 5) is 12.2. The number of ether oxygens (including phenoxy) is 1. The summed E-state index contributed by atoms with van der Waals surface area (Å²) in [5, 5.41) is 0. The van der Waals surface area contributed by atoms with Gasteiger partial charge in [-0.3, -0.25) is 4.79 Å². The van der Waals surface area contributed by atoms with Crippen LogP contribution in [0.15, 0.2) is 0 Å². The number of methoxy groups -OCH3 is 1. The summed E-state index contributed by atoms with van der Waals surface area (Å²) in [7, 11) is 1.66. The summed E-state index contributed by atoms with van der Waals surface area (Å²) in [5.74, 6) is 0.385. The lowest BCUT2D eigenvalue weighted by Crippen LogP contribution is -2.28. The molecule has 0 aliphatic heterocycles. The van der Waals surface area contributed by atoms with E-state index >= 15 is 0 Å². The van der Waals surface area contributed by atoms with E-state index in [1.54, 1.807) is 7.11 Å². The van der Waals surface area contributed by atoms with Gasteiger partial charge in [-0.2, -0.15) is 0 Å². The molecule has 0 rings (SSSR count). The van der Waals surface area contributed by atoms with E-state index in [1.165, 1.54) is 12.8 Å². The first-order chi connectivity index (χ1) is 7.60. The van der Waals surface area contributed by atoms with Crippen molar-refractivity contribution >= 4 is 5.78 Å². The van der Waals surface area contributed by atoms with Crippen LogP contribution < -0.4 is 0 Å². The second-order valence-corrected chi connectivity index (χ2v) is 4.93. The van der Waals surface area contributed by atoms with Crippen molar-refractivity contribution in [2.75, 3.05) is 13.7 Å². The molecule has 0 bridgehead atoms. The topological polar surface area (TPSA) is 26.3 Å². The molecule has 0 atom stereocenters. The highest BCUT2D eigenvalue weighted by Gasteiger charge is 2.30.